The van der Waals surface area contributed by atoms with Crippen molar-refractivity contribution in [3.05, 3.63) is 55.1 Å². The molecular formula is C14H15BrClN3OS. The van der Waals surface area contributed by atoms with E-state index in [2.05, 4.69) is 37.4 Å². The van der Waals surface area contributed by atoms with E-state index in [1.807, 2.05) is 13.1 Å². The maximum atomic E-state index is 8.67. The zero-order valence-corrected chi connectivity index (χ0v) is 14.5. The Morgan fingerprint density at radius 3 is 2.76 bits per heavy atom. The summed E-state index contributed by atoms with van der Waals surface area (Å²) in [5, 5.41) is 14.4. The zero-order chi connectivity index (χ0) is 15.4. The Hall–Kier alpha value is -1.08. The minimum absolute atomic E-state index is 0.0555. The van der Waals surface area contributed by atoms with Crippen molar-refractivity contribution in [2.75, 3.05) is 7.05 Å². The predicted molar refractivity (Wildman–Crippen MR) is 91.2 cm³/mol. The van der Waals surface area contributed by atoms with E-state index in [1.165, 1.54) is 5.56 Å². The molecule has 2 rings (SSSR count). The van der Waals surface area contributed by atoms with Crippen LogP contribution in [0.4, 0.5) is 0 Å². The molecule has 0 unspecified atom stereocenters. The molecule has 3 N–H and O–H groups in total. The van der Waals surface area contributed by atoms with Gasteiger partial charge >= 0.3 is 0 Å². The van der Waals surface area contributed by atoms with E-state index in [-0.39, 0.29) is 5.84 Å². The molecule has 0 aliphatic carbocycles. The number of amidine groups is 1. The van der Waals surface area contributed by atoms with Crippen LogP contribution in [0, 0.1) is 0 Å². The Balaban J connectivity index is 2.05. The summed E-state index contributed by atoms with van der Waals surface area (Å²) < 4.78 is 1.13. The van der Waals surface area contributed by atoms with Crippen molar-refractivity contribution in [2.45, 2.75) is 13.1 Å². The Kier molecular flexibility index (Phi) is 5.64. The molecule has 112 valence electrons. The monoisotopic (exact) mass is 387 g/mol. The van der Waals surface area contributed by atoms with Gasteiger partial charge in [0.15, 0.2) is 5.84 Å². The second kappa shape index (κ2) is 7.26. The number of rotatable bonds is 5. The lowest BCUT2D eigenvalue weighted by molar-refractivity contribution is 0.318. The first-order chi connectivity index (χ1) is 9.99. The number of nitrogens with two attached hydrogens (primary N) is 1. The summed E-state index contributed by atoms with van der Waals surface area (Å²) in [6.45, 7) is 1.57. The van der Waals surface area contributed by atoms with E-state index in [4.69, 9.17) is 22.5 Å². The molecule has 0 saturated heterocycles. The summed E-state index contributed by atoms with van der Waals surface area (Å²) in [7, 11) is 2.04. The highest BCUT2D eigenvalue weighted by molar-refractivity contribution is 9.11. The lowest BCUT2D eigenvalue weighted by atomic mass is 10.1. The largest absolute Gasteiger partial charge is 0.409 e. The van der Waals surface area contributed by atoms with E-state index >= 15 is 0 Å². The third-order valence-electron chi connectivity index (χ3n) is 2.97. The smallest absolute Gasteiger partial charge is 0.170 e. The molecule has 0 fully saturated rings. The molecule has 4 nitrogen and oxygen atoms in total. The third-order valence-corrected chi connectivity index (χ3v) is 4.88. The van der Waals surface area contributed by atoms with Gasteiger partial charge in [-0.25, -0.2) is 0 Å². The van der Waals surface area contributed by atoms with Crippen LogP contribution in [0.2, 0.25) is 5.02 Å². The number of nitrogens with zero attached hydrogens (tertiary/aromatic N) is 2. The average Bonchev–Trinajstić information content (AvgIpc) is 2.85. The van der Waals surface area contributed by atoms with Crippen LogP contribution in [0.5, 0.6) is 0 Å². The summed E-state index contributed by atoms with van der Waals surface area (Å²) in [6, 6.07) is 7.52. The first kappa shape index (κ1) is 16.3. The number of oxime groups is 1. The normalized spacial score (nSPS) is 12.1. The molecule has 0 atom stereocenters. The molecule has 0 amide bonds. The summed E-state index contributed by atoms with van der Waals surface area (Å²) >= 11 is 11.4. The van der Waals surface area contributed by atoms with Gasteiger partial charge in [0.25, 0.3) is 0 Å². The first-order valence-corrected chi connectivity index (χ1v) is 8.22. The van der Waals surface area contributed by atoms with E-state index in [0.29, 0.717) is 10.6 Å². The van der Waals surface area contributed by atoms with E-state index in [0.717, 1.165) is 22.4 Å². The minimum Gasteiger partial charge on any atom is -0.409 e. The first-order valence-electron chi connectivity index (χ1n) is 6.17. The number of hydrogen-bond donors (Lipinski definition) is 2. The maximum absolute atomic E-state index is 8.67. The van der Waals surface area contributed by atoms with Crippen LogP contribution in [0.15, 0.2) is 38.6 Å². The number of thiophene rings is 1. The lowest BCUT2D eigenvalue weighted by Gasteiger charge is -2.17. The van der Waals surface area contributed by atoms with Gasteiger partial charge in [-0.3, -0.25) is 4.90 Å². The Morgan fingerprint density at radius 1 is 1.43 bits per heavy atom. The van der Waals surface area contributed by atoms with Crippen molar-refractivity contribution in [3.63, 3.8) is 0 Å². The fourth-order valence-electron chi connectivity index (χ4n) is 1.98. The molecule has 0 radical (unpaired) electrons. The van der Waals surface area contributed by atoms with Gasteiger partial charge < -0.3 is 10.9 Å². The van der Waals surface area contributed by atoms with Crippen LogP contribution in [0.25, 0.3) is 0 Å². The molecule has 0 saturated carbocycles. The summed E-state index contributed by atoms with van der Waals surface area (Å²) in [5.41, 5.74) is 8.42. The number of benzene rings is 1. The van der Waals surface area contributed by atoms with E-state index in [9.17, 15) is 0 Å². The van der Waals surface area contributed by atoms with Crippen molar-refractivity contribution in [1.82, 2.24) is 4.90 Å². The van der Waals surface area contributed by atoms with Gasteiger partial charge in [0.2, 0.25) is 0 Å². The second-order valence-corrected chi connectivity index (χ2v) is 7.42. The molecule has 1 aromatic carbocycles. The molecule has 1 heterocycles. The standard InChI is InChI=1S/C14H15BrClN3OS/c1-19(6-9-4-13(15)21-8-9)7-11-3-2-10(5-12(11)16)14(17)18-20/h2-5,8,20H,6-7H2,1H3,(H2,17,18). The van der Waals surface area contributed by atoms with E-state index in [1.54, 1.807) is 23.5 Å². The summed E-state index contributed by atoms with van der Waals surface area (Å²) in [6.07, 6.45) is 0. The molecule has 0 aliphatic rings. The highest BCUT2D eigenvalue weighted by atomic mass is 79.9. The summed E-state index contributed by atoms with van der Waals surface area (Å²) in [5.74, 6) is 0.0555. The average molecular weight is 389 g/mol. The molecule has 0 spiro atoms. The molecular weight excluding hydrogens is 374 g/mol. The molecule has 21 heavy (non-hydrogen) atoms. The quantitative estimate of drug-likeness (QED) is 0.353. The van der Waals surface area contributed by atoms with Gasteiger partial charge in [0, 0.05) is 23.7 Å². The predicted octanol–water partition coefficient (Wildman–Crippen LogP) is 3.89. The maximum Gasteiger partial charge on any atom is 0.170 e. The van der Waals surface area contributed by atoms with Crippen LogP contribution >= 0.6 is 38.9 Å². The van der Waals surface area contributed by atoms with Crippen LogP contribution in [0.1, 0.15) is 16.7 Å². The van der Waals surface area contributed by atoms with Crippen LogP contribution < -0.4 is 5.73 Å². The van der Waals surface area contributed by atoms with Crippen LogP contribution in [-0.4, -0.2) is 23.0 Å². The molecule has 2 aromatic rings. The zero-order valence-electron chi connectivity index (χ0n) is 11.4. The fourth-order valence-corrected chi connectivity index (χ4v) is 3.42. The second-order valence-electron chi connectivity index (χ2n) is 4.72. The molecule has 0 aliphatic heterocycles. The highest BCUT2D eigenvalue weighted by Gasteiger charge is 2.09. The Bertz CT molecular complexity index is 659. The lowest BCUT2D eigenvalue weighted by Crippen LogP contribution is -2.18. The van der Waals surface area contributed by atoms with Crippen molar-refractivity contribution < 1.29 is 5.21 Å². The van der Waals surface area contributed by atoms with Crippen molar-refractivity contribution >= 4 is 44.7 Å². The molecule has 0 bridgehead atoms. The molecule has 7 heteroatoms. The SMILES string of the molecule is CN(Cc1csc(Br)c1)Cc1ccc(/C(N)=N/O)cc1Cl. The van der Waals surface area contributed by atoms with Crippen LogP contribution in [-0.2, 0) is 13.1 Å². The van der Waals surface area contributed by atoms with Gasteiger partial charge in [-0.15, -0.1) is 11.3 Å². The van der Waals surface area contributed by atoms with Gasteiger partial charge in [-0.1, -0.05) is 28.9 Å². The van der Waals surface area contributed by atoms with Crippen molar-refractivity contribution in [2.24, 2.45) is 10.9 Å². The van der Waals surface area contributed by atoms with Gasteiger partial charge in [0.1, 0.15) is 0 Å². The van der Waals surface area contributed by atoms with Gasteiger partial charge in [-0.2, -0.15) is 0 Å². The van der Waals surface area contributed by atoms with Gasteiger partial charge in [-0.05, 0) is 51.6 Å². The summed E-state index contributed by atoms with van der Waals surface area (Å²) in [4.78, 5) is 2.18. The Labute approximate surface area is 141 Å². The van der Waals surface area contributed by atoms with Gasteiger partial charge in [0.05, 0.1) is 3.79 Å². The number of hydrogen-bond acceptors (Lipinski definition) is 4. The van der Waals surface area contributed by atoms with E-state index < -0.39 is 0 Å². The molecule has 1 aromatic heterocycles. The third kappa shape index (κ3) is 4.44. The highest BCUT2D eigenvalue weighted by Crippen LogP contribution is 2.23. The minimum atomic E-state index is 0.0555. The fraction of sp³-hybridized carbons (Fsp3) is 0.214. The van der Waals surface area contributed by atoms with Crippen LogP contribution in [0.3, 0.4) is 0 Å². The van der Waals surface area contributed by atoms with Crippen molar-refractivity contribution in [3.8, 4) is 0 Å². The van der Waals surface area contributed by atoms with Crippen molar-refractivity contribution in [1.29, 1.82) is 0 Å². The Morgan fingerprint density at radius 2 is 2.19 bits per heavy atom. The topological polar surface area (TPSA) is 61.8 Å². The number of halogens is 2.